The first-order chi connectivity index (χ1) is 14.6. The van der Waals surface area contributed by atoms with Crippen LogP contribution in [0.2, 0.25) is 0 Å². The molecule has 0 fully saturated rings. The standard InChI is InChI=1S/C22H16BrF4N3O/c1-12-3-7-16(8-4-12)30-21-20(13(2)28-30)17(22(25,26)27)10-19(31)29(21)11-14-5-6-15(23)9-18(14)24/h3-10H,11H2,1-2H3. The first-order valence-electron chi connectivity index (χ1n) is 9.27. The topological polar surface area (TPSA) is 39.8 Å². The summed E-state index contributed by atoms with van der Waals surface area (Å²) in [5.41, 5.74) is -0.252. The minimum absolute atomic E-state index is 0.0384. The molecule has 4 rings (SSSR count). The van der Waals surface area contributed by atoms with Gasteiger partial charge in [0.15, 0.2) is 0 Å². The van der Waals surface area contributed by atoms with E-state index in [1.165, 1.54) is 23.7 Å². The van der Waals surface area contributed by atoms with Gasteiger partial charge in [-0.15, -0.1) is 0 Å². The Morgan fingerprint density at radius 2 is 1.71 bits per heavy atom. The fourth-order valence-corrected chi connectivity index (χ4v) is 3.85. The average Bonchev–Trinajstić information content (AvgIpc) is 3.02. The molecule has 0 atom stereocenters. The van der Waals surface area contributed by atoms with Gasteiger partial charge in [0.2, 0.25) is 0 Å². The summed E-state index contributed by atoms with van der Waals surface area (Å²) in [6.45, 7) is 3.09. The number of benzene rings is 2. The number of pyridine rings is 1. The second-order valence-corrected chi connectivity index (χ2v) is 8.16. The summed E-state index contributed by atoms with van der Waals surface area (Å²) in [7, 11) is 0. The van der Waals surface area contributed by atoms with Gasteiger partial charge >= 0.3 is 6.18 Å². The molecule has 0 spiro atoms. The van der Waals surface area contributed by atoms with Gasteiger partial charge < -0.3 is 0 Å². The molecular formula is C22H16BrF4N3O. The van der Waals surface area contributed by atoms with Crippen LogP contribution in [0.1, 0.15) is 22.4 Å². The van der Waals surface area contributed by atoms with Crippen molar-refractivity contribution < 1.29 is 17.6 Å². The Balaban J connectivity index is 2.06. The molecule has 31 heavy (non-hydrogen) atoms. The normalized spacial score (nSPS) is 12.0. The fraction of sp³-hybridized carbons (Fsp3) is 0.182. The maximum atomic E-state index is 14.5. The zero-order valence-corrected chi connectivity index (χ0v) is 18.1. The Morgan fingerprint density at radius 3 is 2.32 bits per heavy atom. The van der Waals surface area contributed by atoms with Crippen LogP contribution in [0, 0.1) is 19.7 Å². The van der Waals surface area contributed by atoms with Gasteiger partial charge in [-0.2, -0.15) is 18.3 Å². The van der Waals surface area contributed by atoms with Crippen molar-refractivity contribution in [2.24, 2.45) is 0 Å². The molecule has 0 saturated carbocycles. The molecule has 0 aliphatic carbocycles. The minimum atomic E-state index is -4.74. The van der Waals surface area contributed by atoms with Crippen LogP contribution >= 0.6 is 15.9 Å². The van der Waals surface area contributed by atoms with Gasteiger partial charge in [0, 0.05) is 16.1 Å². The van der Waals surface area contributed by atoms with Crippen molar-refractivity contribution >= 4 is 27.0 Å². The number of aryl methyl sites for hydroxylation is 2. The van der Waals surface area contributed by atoms with Crippen LogP contribution in [0.3, 0.4) is 0 Å². The molecule has 2 aromatic heterocycles. The molecule has 0 amide bonds. The van der Waals surface area contributed by atoms with Gasteiger partial charge in [0.05, 0.1) is 28.9 Å². The van der Waals surface area contributed by atoms with Gasteiger partial charge in [0.1, 0.15) is 11.5 Å². The number of hydrogen-bond acceptors (Lipinski definition) is 2. The lowest BCUT2D eigenvalue weighted by Crippen LogP contribution is -2.25. The highest BCUT2D eigenvalue weighted by Gasteiger charge is 2.36. The number of fused-ring (bicyclic) bond motifs is 1. The monoisotopic (exact) mass is 493 g/mol. The fourth-order valence-electron chi connectivity index (χ4n) is 3.52. The Hall–Kier alpha value is -2.94. The molecule has 0 unspecified atom stereocenters. The minimum Gasteiger partial charge on any atom is -0.288 e. The van der Waals surface area contributed by atoms with Gasteiger partial charge in [-0.3, -0.25) is 9.36 Å². The van der Waals surface area contributed by atoms with Crippen LogP contribution in [0.25, 0.3) is 16.7 Å². The Kier molecular flexibility index (Phi) is 5.25. The predicted octanol–water partition coefficient (Wildman–Crippen LogP) is 5.77. The summed E-state index contributed by atoms with van der Waals surface area (Å²) in [5, 5.41) is 4.11. The second-order valence-electron chi connectivity index (χ2n) is 7.25. The van der Waals surface area contributed by atoms with Crippen LogP contribution < -0.4 is 5.56 Å². The number of hydrogen-bond donors (Lipinski definition) is 0. The molecule has 2 aromatic carbocycles. The van der Waals surface area contributed by atoms with Crippen LogP contribution in [-0.4, -0.2) is 14.3 Å². The van der Waals surface area contributed by atoms with E-state index in [-0.39, 0.29) is 28.8 Å². The van der Waals surface area contributed by atoms with Crippen molar-refractivity contribution in [2.75, 3.05) is 0 Å². The summed E-state index contributed by atoms with van der Waals surface area (Å²) >= 11 is 3.17. The van der Waals surface area contributed by atoms with E-state index in [2.05, 4.69) is 21.0 Å². The summed E-state index contributed by atoms with van der Waals surface area (Å²) in [6.07, 6.45) is -4.74. The quantitative estimate of drug-likeness (QED) is 0.339. The number of halogens is 5. The molecule has 2 heterocycles. The molecule has 9 heteroatoms. The SMILES string of the molecule is Cc1ccc(-n2nc(C)c3c(C(F)(F)F)cc(=O)n(Cc4ccc(Br)cc4F)c32)cc1. The Bertz CT molecular complexity index is 1350. The van der Waals surface area contributed by atoms with Gasteiger partial charge in [-0.1, -0.05) is 39.7 Å². The summed E-state index contributed by atoms with van der Waals surface area (Å²) in [6, 6.07) is 11.9. The molecule has 0 N–H and O–H groups in total. The first kappa shape index (κ1) is 21.3. The maximum absolute atomic E-state index is 14.5. The van der Waals surface area contributed by atoms with E-state index in [0.29, 0.717) is 16.2 Å². The number of nitrogens with zero attached hydrogens (tertiary/aromatic N) is 3. The zero-order valence-electron chi connectivity index (χ0n) is 16.5. The van der Waals surface area contributed by atoms with Crippen molar-refractivity contribution in [1.29, 1.82) is 0 Å². The molecule has 4 nitrogen and oxygen atoms in total. The van der Waals surface area contributed by atoms with Gasteiger partial charge in [-0.25, -0.2) is 9.07 Å². The lowest BCUT2D eigenvalue weighted by Gasteiger charge is -2.15. The van der Waals surface area contributed by atoms with E-state index >= 15 is 0 Å². The molecule has 0 saturated heterocycles. The van der Waals surface area contributed by atoms with E-state index < -0.39 is 23.1 Å². The zero-order chi connectivity index (χ0) is 22.5. The number of aromatic nitrogens is 3. The molecule has 0 radical (unpaired) electrons. The summed E-state index contributed by atoms with van der Waals surface area (Å²) in [4.78, 5) is 12.8. The lowest BCUT2D eigenvalue weighted by atomic mass is 10.1. The Morgan fingerprint density at radius 1 is 1.03 bits per heavy atom. The smallest absolute Gasteiger partial charge is 0.288 e. The van der Waals surface area contributed by atoms with Crippen molar-refractivity contribution in [3.63, 3.8) is 0 Å². The molecular weight excluding hydrogens is 478 g/mol. The van der Waals surface area contributed by atoms with Gasteiger partial charge in [-0.05, 0) is 38.1 Å². The van der Waals surface area contributed by atoms with E-state index in [1.54, 1.807) is 30.3 Å². The van der Waals surface area contributed by atoms with Crippen LogP contribution in [0.5, 0.6) is 0 Å². The average molecular weight is 494 g/mol. The van der Waals surface area contributed by atoms with E-state index in [1.807, 2.05) is 6.92 Å². The molecule has 0 aliphatic rings. The largest absolute Gasteiger partial charge is 0.417 e. The molecule has 0 bridgehead atoms. The second kappa shape index (κ2) is 7.64. The predicted molar refractivity (Wildman–Crippen MR) is 113 cm³/mol. The number of alkyl halides is 3. The maximum Gasteiger partial charge on any atom is 0.417 e. The van der Waals surface area contributed by atoms with Gasteiger partial charge in [0.25, 0.3) is 5.56 Å². The third-order valence-corrected chi connectivity index (χ3v) is 5.52. The van der Waals surface area contributed by atoms with Crippen molar-refractivity contribution in [3.05, 3.63) is 91.6 Å². The highest BCUT2D eigenvalue weighted by Crippen LogP contribution is 2.36. The van der Waals surface area contributed by atoms with Crippen LogP contribution in [-0.2, 0) is 12.7 Å². The van der Waals surface area contributed by atoms with E-state index in [0.717, 1.165) is 10.1 Å². The lowest BCUT2D eigenvalue weighted by molar-refractivity contribution is -0.136. The third-order valence-electron chi connectivity index (χ3n) is 5.02. The Labute approximate surface area is 182 Å². The molecule has 0 aliphatic heterocycles. The summed E-state index contributed by atoms with van der Waals surface area (Å²) < 4.78 is 58.7. The van der Waals surface area contributed by atoms with E-state index in [9.17, 15) is 22.4 Å². The van der Waals surface area contributed by atoms with Crippen molar-refractivity contribution in [1.82, 2.24) is 14.3 Å². The highest BCUT2D eigenvalue weighted by atomic mass is 79.9. The van der Waals surface area contributed by atoms with E-state index in [4.69, 9.17) is 0 Å². The molecule has 160 valence electrons. The van der Waals surface area contributed by atoms with Crippen molar-refractivity contribution in [2.45, 2.75) is 26.6 Å². The van der Waals surface area contributed by atoms with Crippen molar-refractivity contribution in [3.8, 4) is 5.69 Å². The molecule has 4 aromatic rings. The highest BCUT2D eigenvalue weighted by molar-refractivity contribution is 9.10. The first-order valence-corrected chi connectivity index (χ1v) is 10.1. The van der Waals surface area contributed by atoms with Crippen LogP contribution in [0.4, 0.5) is 17.6 Å². The number of rotatable bonds is 3. The summed E-state index contributed by atoms with van der Waals surface area (Å²) in [5.74, 6) is -0.576. The van der Waals surface area contributed by atoms with Crippen LogP contribution in [0.15, 0.2) is 57.8 Å². The third kappa shape index (κ3) is 3.89.